The molecule has 0 radical (unpaired) electrons. The number of carbonyl (C=O) groups is 1. The van der Waals surface area contributed by atoms with Crippen LogP contribution in [0.4, 0.5) is 0 Å². The third kappa shape index (κ3) is 2.70. The highest BCUT2D eigenvalue weighted by Crippen LogP contribution is 2.20. The number of carbonyl (C=O) groups excluding carboxylic acids is 1. The van der Waals surface area contributed by atoms with Gasteiger partial charge in [0.15, 0.2) is 0 Å². The number of benzene rings is 1. The van der Waals surface area contributed by atoms with Gasteiger partial charge >= 0.3 is 5.97 Å². The number of hydrogen-bond acceptors (Lipinski definition) is 4. The zero-order chi connectivity index (χ0) is 11.3. The molecule has 0 aliphatic carbocycles. The first kappa shape index (κ1) is 11.5. The van der Waals surface area contributed by atoms with Crippen molar-refractivity contribution in [1.29, 1.82) is 0 Å². The Morgan fingerprint density at radius 1 is 1.47 bits per heavy atom. The van der Waals surface area contributed by atoms with Crippen LogP contribution in [0.1, 0.15) is 22.8 Å². The van der Waals surface area contributed by atoms with E-state index in [1.807, 2.05) is 0 Å². The number of esters is 1. The Kier molecular flexibility index (Phi) is 4.12. The third-order valence-electron chi connectivity index (χ3n) is 2.00. The predicted molar refractivity (Wildman–Crippen MR) is 56.8 cm³/mol. The molecule has 0 aliphatic heterocycles. The molecule has 4 nitrogen and oxygen atoms in total. The Bertz CT molecular complexity index is 350. The molecule has 0 amide bonds. The molecule has 0 atom stereocenters. The summed E-state index contributed by atoms with van der Waals surface area (Å²) in [6, 6.07) is 5.19. The molecule has 0 aliphatic rings. The zero-order valence-electron chi connectivity index (χ0n) is 8.95. The Morgan fingerprint density at radius 2 is 2.20 bits per heavy atom. The molecule has 1 rings (SSSR count). The second-order valence-corrected chi connectivity index (χ2v) is 2.96. The van der Waals surface area contributed by atoms with Crippen molar-refractivity contribution < 1.29 is 14.3 Å². The van der Waals surface area contributed by atoms with Gasteiger partial charge in [-0.1, -0.05) is 6.07 Å². The number of methoxy groups -OCH3 is 1. The van der Waals surface area contributed by atoms with Crippen molar-refractivity contribution in [3.8, 4) is 5.75 Å². The highest BCUT2D eigenvalue weighted by atomic mass is 16.5. The van der Waals surface area contributed by atoms with Crippen molar-refractivity contribution in [2.24, 2.45) is 5.73 Å². The Labute approximate surface area is 89.0 Å². The van der Waals surface area contributed by atoms with Crippen LogP contribution in [0.15, 0.2) is 18.2 Å². The highest BCUT2D eigenvalue weighted by Gasteiger charge is 2.13. The lowest BCUT2D eigenvalue weighted by molar-refractivity contribution is 0.0522. The molecule has 2 N–H and O–H groups in total. The first-order chi connectivity index (χ1) is 7.22. The summed E-state index contributed by atoms with van der Waals surface area (Å²) in [5, 5.41) is 0. The van der Waals surface area contributed by atoms with Gasteiger partial charge in [-0.15, -0.1) is 0 Å². The molecule has 0 heterocycles. The van der Waals surface area contributed by atoms with Gasteiger partial charge in [-0.25, -0.2) is 4.79 Å². The first-order valence-corrected chi connectivity index (χ1v) is 4.77. The predicted octanol–water partition coefficient (Wildman–Crippen LogP) is 1.33. The van der Waals surface area contributed by atoms with Gasteiger partial charge < -0.3 is 15.2 Å². The highest BCUT2D eigenvalue weighted by molar-refractivity contribution is 5.92. The van der Waals surface area contributed by atoms with E-state index in [-0.39, 0.29) is 5.97 Å². The van der Waals surface area contributed by atoms with Crippen LogP contribution in [0.25, 0.3) is 0 Å². The third-order valence-corrected chi connectivity index (χ3v) is 2.00. The maximum absolute atomic E-state index is 11.5. The molecule has 0 saturated carbocycles. The van der Waals surface area contributed by atoms with Crippen molar-refractivity contribution in [2.45, 2.75) is 13.5 Å². The second-order valence-electron chi connectivity index (χ2n) is 2.96. The molecule has 0 saturated heterocycles. The molecular formula is C11H15NO3. The maximum Gasteiger partial charge on any atom is 0.341 e. The van der Waals surface area contributed by atoms with Crippen molar-refractivity contribution >= 4 is 5.97 Å². The molecule has 0 bridgehead atoms. The summed E-state index contributed by atoms with van der Waals surface area (Å²) in [4.78, 5) is 11.5. The fourth-order valence-electron chi connectivity index (χ4n) is 1.24. The van der Waals surface area contributed by atoms with E-state index in [0.717, 1.165) is 5.56 Å². The number of rotatable bonds is 4. The van der Waals surface area contributed by atoms with Crippen molar-refractivity contribution in [3.05, 3.63) is 29.3 Å². The lowest BCUT2D eigenvalue weighted by atomic mass is 10.1. The van der Waals surface area contributed by atoms with Crippen LogP contribution in [-0.4, -0.2) is 19.7 Å². The van der Waals surface area contributed by atoms with E-state index < -0.39 is 0 Å². The van der Waals surface area contributed by atoms with E-state index >= 15 is 0 Å². The van der Waals surface area contributed by atoms with Crippen LogP contribution >= 0.6 is 0 Å². The minimum absolute atomic E-state index is 0.348. The quantitative estimate of drug-likeness (QED) is 0.760. The fourth-order valence-corrected chi connectivity index (χ4v) is 1.24. The average Bonchev–Trinajstić information content (AvgIpc) is 2.28. The Hall–Kier alpha value is -1.55. The van der Waals surface area contributed by atoms with Crippen LogP contribution in [0.3, 0.4) is 0 Å². The summed E-state index contributed by atoms with van der Waals surface area (Å²) in [5.74, 6) is 0.120. The van der Waals surface area contributed by atoms with Crippen molar-refractivity contribution in [2.75, 3.05) is 13.7 Å². The van der Waals surface area contributed by atoms with Gasteiger partial charge in [-0.3, -0.25) is 0 Å². The zero-order valence-corrected chi connectivity index (χ0v) is 8.95. The van der Waals surface area contributed by atoms with Crippen LogP contribution < -0.4 is 10.5 Å². The molecule has 0 aromatic heterocycles. The summed E-state index contributed by atoms with van der Waals surface area (Å²) in [7, 11) is 1.51. The van der Waals surface area contributed by atoms with E-state index in [1.54, 1.807) is 25.1 Å². The van der Waals surface area contributed by atoms with E-state index in [9.17, 15) is 4.79 Å². The van der Waals surface area contributed by atoms with Crippen LogP contribution in [-0.2, 0) is 11.3 Å². The van der Waals surface area contributed by atoms with Gasteiger partial charge in [0.25, 0.3) is 0 Å². The summed E-state index contributed by atoms with van der Waals surface area (Å²) in [6.45, 7) is 2.53. The van der Waals surface area contributed by atoms with Gasteiger partial charge in [0.2, 0.25) is 0 Å². The molecule has 0 spiro atoms. The van der Waals surface area contributed by atoms with Crippen LogP contribution in [0, 0.1) is 0 Å². The molecule has 1 aromatic rings. The van der Waals surface area contributed by atoms with Gasteiger partial charge in [0.05, 0.1) is 13.7 Å². The Morgan fingerprint density at radius 3 is 2.73 bits per heavy atom. The standard InChI is InChI=1S/C11H15NO3/c1-3-15-11(13)9-5-4-8(7-12)6-10(9)14-2/h4-6H,3,7,12H2,1-2H3. The minimum atomic E-state index is -0.377. The average molecular weight is 209 g/mol. The molecule has 4 heteroatoms. The summed E-state index contributed by atoms with van der Waals surface area (Å²) in [6.07, 6.45) is 0. The smallest absolute Gasteiger partial charge is 0.341 e. The summed E-state index contributed by atoms with van der Waals surface area (Å²) >= 11 is 0. The molecule has 82 valence electrons. The summed E-state index contributed by atoms with van der Waals surface area (Å²) in [5.41, 5.74) is 6.83. The lowest BCUT2D eigenvalue weighted by Crippen LogP contribution is -2.07. The van der Waals surface area contributed by atoms with Crippen LogP contribution in [0.2, 0.25) is 0 Å². The number of ether oxygens (including phenoxy) is 2. The van der Waals surface area contributed by atoms with Gasteiger partial charge in [-0.05, 0) is 24.6 Å². The SMILES string of the molecule is CCOC(=O)c1ccc(CN)cc1OC. The minimum Gasteiger partial charge on any atom is -0.496 e. The monoisotopic (exact) mass is 209 g/mol. The normalized spacial score (nSPS) is 9.80. The largest absolute Gasteiger partial charge is 0.496 e. The maximum atomic E-state index is 11.5. The van der Waals surface area contributed by atoms with E-state index in [0.29, 0.717) is 24.5 Å². The molecule has 1 aromatic carbocycles. The summed E-state index contributed by atoms with van der Waals surface area (Å²) < 4.78 is 9.99. The molecule has 0 unspecified atom stereocenters. The molecular weight excluding hydrogens is 194 g/mol. The van der Waals surface area contributed by atoms with Crippen LogP contribution in [0.5, 0.6) is 5.75 Å². The fraction of sp³-hybridized carbons (Fsp3) is 0.364. The second kappa shape index (κ2) is 5.36. The number of hydrogen-bond donors (Lipinski definition) is 1. The Balaban J connectivity index is 3.02. The molecule has 0 fully saturated rings. The van der Waals surface area contributed by atoms with E-state index in [4.69, 9.17) is 15.2 Å². The lowest BCUT2D eigenvalue weighted by Gasteiger charge is -2.08. The van der Waals surface area contributed by atoms with Gasteiger partial charge in [-0.2, -0.15) is 0 Å². The van der Waals surface area contributed by atoms with E-state index in [2.05, 4.69) is 0 Å². The number of nitrogens with two attached hydrogens (primary N) is 1. The van der Waals surface area contributed by atoms with E-state index in [1.165, 1.54) is 7.11 Å². The topological polar surface area (TPSA) is 61.5 Å². The molecule has 15 heavy (non-hydrogen) atoms. The van der Waals surface area contributed by atoms with Gasteiger partial charge in [0, 0.05) is 6.54 Å². The first-order valence-electron chi connectivity index (χ1n) is 4.77. The van der Waals surface area contributed by atoms with Crippen molar-refractivity contribution in [1.82, 2.24) is 0 Å². The van der Waals surface area contributed by atoms with Gasteiger partial charge in [0.1, 0.15) is 11.3 Å². The van der Waals surface area contributed by atoms with Crippen molar-refractivity contribution in [3.63, 3.8) is 0 Å².